The van der Waals surface area contributed by atoms with Crippen LogP contribution in [0.3, 0.4) is 0 Å². The zero-order valence-electron chi connectivity index (χ0n) is 7.55. The van der Waals surface area contributed by atoms with Crippen LogP contribution in [0, 0.1) is 12.7 Å². The van der Waals surface area contributed by atoms with Gasteiger partial charge in [-0.25, -0.2) is 4.39 Å². The lowest BCUT2D eigenvalue weighted by molar-refractivity contribution is 0.150. The highest BCUT2D eigenvalue weighted by molar-refractivity contribution is 5.28. The standard InChI is InChI=1S/C10H12FNO/c1-6-5-8(11)7-3-2-4-9(13)10(7)12-6/h5,9,13H,2-4H2,1H3. The molecule has 1 N–H and O–H groups in total. The maximum Gasteiger partial charge on any atom is 0.130 e. The van der Waals surface area contributed by atoms with Crippen molar-refractivity contribution < 1.29 is 9.50 Å². The Kier molecular flexibility index (Phi) is 2.04. The van der Waals surface area contributed by atoms with Crippen molar-refractivity contribution >= 4 is 0 Å². The normalized spacial score (nSPS) is 21.3. The number of rotatable bonds is 0. The molecule has 1 heterocycles. The largest absolute Gasteiger partial charge is 0.387 e. The molecule has 1 aromatic rings. The molecule has 1 aliphatic carbocycles. The third-order valence-corrected chi connectivity index (χ3v) is 2.45. The lowest BCUT2D eigenvalue weighted by Crippen LogP contribution is -2.14. The molecule has 0 amide bonds. The fraction of sp³-hybridized carbons (Fsp3) is 0.500. The first-order valence-corrected chi connectivity index (χ1v) is 4.52. The average molecular weight is 181 g/mol. The van der Waals surface area contributed by atoms with Gasteiger partial charge in [-0.15, -0.1) is 0 Å². The van der Waals surface area contributed by atoms with Crippen molar-refractivity contribution in [3.8, 4) is 0 Å². The van der Waals surface area contributed by atoms with Crippen LogP contribution in [0.25, 0.3) is 0 Å². The number of fused-ring (bicyclic) bond motifs is 1. The summed E-state index contributed by atoms with van der Waals surface area (Å²) in [5.41, 5.74) is 1.78. The summed E-state index contributed by atoms with van der Waals surface area (Å²) < 4.78 is 13.4. The molecule has 0 spiro atoms. The van der Waals surface area contributed by atoms with Gasteiger partial charge in [0, 0.05) is 11.3 Å². The molecular weight excluding hydrogens is 169 g/mol. The van der Waals surface area contributed by atoms with Gasteiger partial charge in [-0.1, -0.05) is 0 Å². The number of halogens is 1. The Bertz CT molecular complexity index is 338. The van der Waals surface area contributed by atoms with Crippen LogP contribution in [0.4, 0.5) is 4.39 Å². The van der Waals surface area contributed by atoms with E-state index in [0.717, 1.165) is 6.42 Å². The van der Waals surface area contributed by atoms with E-state index in [1.54, 1.807) is 6.92 Å². The summed E-state index contributed by atoms with van der Waals surface area (Å²) >= 11 is 0. The number of aromatic nitrogens is 1. The monoisotopic (exact) mass is 181 g/mol. The Morgan fingerprint density at radius 2 is 2.38 bits per heavy atom. The van der Waals surface area contributed by atoms with Crippen molar-refractivity contribution in [3.63, 3.8) is 0 Å². The van der Waals surface area contributed by atoms with Gasteiger partial charge in [-0.3, -0.25) is 4.98 Å². The number of hydrogen-bond acceptors (Lipinski definition) is 2. The van der Waals surface area contributed by atoms with E-state index in [2.05, 4.69) is 4.98 Å². The van der Waals surface area contributed by atoms with Crippen molar-refractivity contribution in [2.24, 2.45) is 0 Å². The molecule has 1 aliphatic rings. The maximum absolute atomic E-state index is 13.4. The second-order valence-electron chi connectivity index (χ2n) is 3.52. The number of aryl methyl sites for hydroxylation is 1. The summed E-state index contributed by atoms with van der Waals surface area (Å²) in [7, 11) is 0. The van der Waals surface area contributed by atoms with Gasteiger partial charge in [0.15, 0.2) is 0 Å². The molecule has 0 saturated carbocycles. The summed E-state index contributed by atoms with van der Waals surface area (Å²) in [5.74, 6) is -0.221. The topological polar surface area (TPSA) is 33.1 Å². The highest BCUT2D eigenvalue weighted by Crippen LogP contribution is 2.29. The Hall–Kier alpha value is -0.960. The van der Waals surface area contributed by atoms with E-state index in [0.29, 0.717) is 29.8 Å². The Morgan fingerprint density at radius 3 is 3.15 bits per heavy atom. The van der Waals surface area contributed by atoms with Crippen LogP contribution in [-0.4, -0.2) is 10.1 Å². The molecule has 0 fully saturated rings. The molecular formula is C10H12FNO. The lowest BCUT2D eigenvalue weighted by Gasteiger charge is -2.20. The van der Waals surface area contributed by atoms with E-state index in [4.69, 9.17) is 0 Å². The molecule has 2 nitrogen and oxygen atoms in total. The van der Waals surface area contributed by atoms with Gasteiger partial charge in [0.25, 0.3) is 0 Å². The third-order valence-electron chi connectivity index (χ3n) is 2.45. The number of hydrogen-bond donors (Lipinski definition) is 1. The van der Waals surface area contributed by atoms with E-state index in [1.165, 1.54) is 6.07 Å². The summed E-state index contributed by atoms with van der Waals surface area (Å²) in [6.45, 7) is 1.74. The van der Waals surface area contributed by atoms with Crippen molar-refractivity contribution in [2.75, 3.05) is 0 Å². The molecule has 1 atom stereocenters. The Balaban J connectivity index is 2.56. The first-order valence-electron chi connectivity index (χ1n) is 4.52. The summed E-state index contributed by atoms with van der Waals surface area (Å²) in [6, 6.07) is 1.43. The lowest BCUT2D eigenvalue weighted by atomic mass is 9.93. The predicted octanol–water partition coefficient (Wildman–Crippen LogP) is 1.90. The summed E-state index contributed by atoms with van der Waals surface area (Å²) in [6.07, 6.45) is 1.67. The fourth-order valence-corrected chi connectivity index (χ4v) is 1.81. The second kappa shape index (κ2) is 3.07. The van der Waals surface area contributed by atoms with Crippen LogP contribution < -0.4 is 0 Å². The molecule has 2 rings (SSSR count). The number of nitrogens with zero attached hydrogens (tertiary/aromatic N) is 1. The van der Waals surface area contributed by atoms with Gasteiger partial charge >= 0.3 is 0 Å². The van der Waals surface area contributed by atoms with Crippen LogP contribution >= 0.6 is 0 Å². The first kappa shape index (κ1) is 8.63. The van der Waals surface area contributed by atoms with E-state index in [9.17, 15) is 9.50 Å². The Morgan fingerprint density at radius 1 is 1.62 bits per heavy atom. The van der Waals surface area contributed by atoms with Crippen LogP contribution in [0.1, 0.15) is 35.9 Å². The van der Waals surface area contributed by atoms with Crippen LogP contribution in [0.5, 0.6) is 0 Å². The summed E-state index contributed by atoms with van der Waals surface area (Å²) in [4.78, 5) is 4.17. The zero-order valence-corrected chi connectivity index (χ0v) is 7.55. The van der Waals surface area contributed by atoms with Crippen LogP contribution in [0.15, 0.2) is 6.07 Å². The average Bonchev–Trinajstić information content (AvgIpc) is 2.07. The SMILES string of the molecule is Cc1cc(F)c2c(n1)C(O)CCC2. The smallest absolute Gasteiger partial charge is 0.130 e. The molecule has 0 aliphatic heterocycles. The first-order chi connectivity index (χ1) is 6.18. The van der Waals surface area contributed by atoms with Gasteiger partial charge in [0.05, 0.1) is 11.8 Å². The molecule has 0 saturated heterocycles. The minimum Gasteiger partial charge on any atom is -0.387 e. The van der Waals surface area contributed by atoms with E-state index in [1.807, 2.05) is 0 Å². The van der Waals surface area contributed by atoms with Gasteiger partial charge < -0.3 is 5.11 Å². The predicted molar refractivity (Wildman–Crippen MR) is 46.8 cm³/mol. The molecule has 70 valence electrons. The van der Waals surface area contributed by atoms with Crippen molar-refractivity contribution in [1.82, 2.24) is 4.98 Å². The number of aliphatic hydroxyl groups is 1. The molecule has 0 aromatic carbocycles. The third kappa shape index (κ3) is 1.44. The van der Waals surface area contributed by atoms with Crippen LogP contribution in [0.2, 0.25) is 0 Å². The molecule has 0 radical (unpaired) electrons. The highest BCUT2D eigenvalue weighted by Gasteiger charge is 2.22. The van der Waals surface area contributed by atoms with Crippen LogP contribution in [-0.2, 0) is 6.42 Å². The zero-order chi connectivity index (χ0) is 9.42. The Labute approximate surface area is 76.4 Å². The van der Waals surface area contributed by atoms with E-state index >= 15 is 0 Å². The molecule has 0 bridgehead atoms. The molecule has 1 aromatic heterocycles. The van der Waals surface area contributed by atoms with Gasteiger partial charge in [0.2, 0.25) is 0 Å². The van der Waals surface area contributed by atoms with Crippen molar-refractivity contribution in [2.45, 2.75) is 32.3 Å². The molecule has 3 heteroatoms. The quantitative estimate of drug-likeness (QED) is 0.663. The van der Waals surface area contributed by atoms with Crippen molar-refractivity contribution in [1.29, 1.82) is 0 Å². The number of pyridine rings is 1. The van der Waals surface area contributed by atoms with Gasteiger partial charge in [-0.2, -0.15) is 0 Å². The minimum atomic E-state index is -0.571. The maximum atomic E-state index is 13.4. The van der Waals surface area contributed by atoms with Gasteiger partial charge in [-0.05, 0) is 32.3 Å². The van der Waals surface area contributed by atoms with Gasteiger partial charge in [0.1, 0.15) is 5.82 Å². The number of aliphatic hydroxyl groups excluding tert-OH is 1. The fourth-order valence-electron chi connectivity index (χ4n) is 1.81. The summed E-state index contributed by atoms with van der Waals surface area (Å²) in [5, 5.41) is 9.58. The minimum absolute atomic E-state index is 0.221. The van der Waals surface area contributed by atoms with E-state index in [-0.39, 0.29) is 5.82 Å². The van der Waals surface area contributed by atoms with E-state index < -0.39 is 6.10 Å². The van der Waals surface area contributed by atoms with Crippen molar-refractivity contribution in [3.05, 3.63) is 28.8 Å². The molecule has 13 heavy (non-hydrogen) atoms. The highest BCUT2D eigenvalue weighted by atomic mass is 19.1. The second-order valence-corrected chi connectivity index (χ2v) is 3.52. The molecule has 1 unspecified atom stereocenters.